The second-order valence-electron chi connectivity index (χ2n) is 10.2. The Balaban J connectivity index is 1.15. The average Bonchev–Trinajstić information content (AvgIpc) is 3.15. The second-order valence-corrected chi connectivity index (χ2v) is 11.7. The Kier molecular flexibility index (Phi) is 5.26. The number of aromatic nitrogens is 1. The maximum atomic E-state index is 13.3. The van der Waals surface area contributed by atoms with E-state index in [4.69, 9.17) is 11.6 Å². The number of benzene rings is 2. The summed E-state index contributed by atoms with van der Waals surface area (Å²) in [6, 6.07) is 16.4. The first-order valence-corrected chi connectivity index (χ1v) is 13.2. The van der Waals surface area contributed by atoms with Crippen LogP contribution in [0.2, 0.25) is 5.02 Å². The van der Waals surface area contributed by atoms with Gasteiger partial charge in [-0.2, -0.15) is 0 Å². The fourth-order valence-electron chi connectivity index (χ4n) is 6.98. The minimum atomic E-state index is -0.0608. The minimum absolute atomic E-state index is 0.0608. The predicted molar refractivity (Wildman–Crippen MR) is 133 cm³/mol. The van der Waals surface area contributed by atoms with E-state index in [1.54, 1.807) is 0 Å². The lowest BCUT2D eigenvalue weighted by atomic mass is 9.49. The molecule has 0 unspecified atom stereocenters. The van der Waals surface area contributed by atoms with E-state index in [2.05, 4.69) is 46.7 Å². The van der Waals surface area contributed by atoms with E-state index in [0.29, 0.717) is 12.5 Å². The highest BCUT2D eigenvalue weighted by molar-refractivity contribution is 7.99. The molecule has 4 aliphatic carbocycles. The molecule has 3 aromatic rings. The van der Waals surface area contributed by atoms with Crippen molar-refractivity contribution in [2.75, 3.05) is 12.3 Å². The van der Waals surface area contributed by atoms with Crippen molar-refractivity contribution < 1.29 is 4.79 Å². The maximum Gasteiger partial charge on any atom is 0.226 e. The van der Waals surface area contributed by atoms with Crippen LogP contribution in [0.15, 0.2) is 53.4 Å². The van der Waals surface area contributed by atoms with Gasteiger partial charge in [-0.1, -0.05) is 41.9 Å². The number of carbonyl (C=O) groups excluding carboxylic acids is 1. The smallest absolute Gasteiger partial charge is 0.226 e. The van der Waals surface area contributed by atoms with Crippen LogP contribution in [0.1, 0.15) is 38.5 Å². The zero-order valence-electron chi connectivity index (χ0n) is 18.2. The number of hydrogen-bond donors (Lipinski definition) is 2. The molecule has 0 saturated heterocycles. The Hall–Kier alpha value is -1.91. The second kappa shape index (κ2) is 8.14. The Morgan fingerprint density at radius 2 is 1.66 bits per heavy atom. The highest BCUT2D eigenvalue weighted by atomic mass is 35.5. The van der Waals surface area contributed by atoms with Crippen LogP contribution < -0.4 is 5.32 Å². The molecule has 32 heavy (non-hydrogen) atoms. The van der Waals surface area contributed by atoms with Gasteiger partial charge in [0.2, 0.25) is 5.91 Å². The lowest BCUT2D eigenvalue weighted by Crippen LogP contribution is -2.53. The highest BCUT2D eigenvalue weighted by Gasteiger charge is 2.54. The third-order valence-electron chi connectivity index (χ3n) is 7.95. The number of H-pyrrole nitrogens is 1. The molecule has 0 atom stereocenters. The molecule has 166 valence electrons. The number of thioether (sulfide) groups is 1. The summed E-state index contributed by atoms with van der Waals surface area (Å²) >= 11 is 7.93. The molecular weight excluding hydrogens is 436 g/mol. The third kappa shape index (κ3) is 3.66. The van der Waals surface area contributed by atoms with E-state index >= 15 is 0 Å². The minimum Gasteiger partial charge on any atom is -0.355 e. The SMILES string of the molecule is O=C(NCCSc1c(-c2ccc(Cl)cc2)[nH]c2ccccc12)C12CC3CC(CC(C3)C1)C2. The largest absolute Gasteiger partial charge is 0.355 e. The molecule has 1 amide bonds. The van der Waals surface area contributed by atoms with Gasteiger partial charge in [-0.15, -0.1) is 11.8 Å². The standard InChI is InChI=1S/C27H29ClN2OS/c28-21-7-5-20(6-8-21)24-25(22-3-1-2-4-23(22)30-24)32-10-9-29-26(31)27-14-17-11-18(15-27)13-19(12-17)16-27/h1-8,17-19,30H,9-16H2,(H,29,31). The van der Waals surface area contributed by atoms with Crippen LogP contribution >= 0.6 is 23.4 Å². The van der Waals surface area contributed by atoms with Crippen LogP contribution in [0, 0.1) is 23.2 Å². The topological polar surface area (TPSA) is 44.9 Å². The van der Waals surface area contributed by atoms with Crippen molar-refractivity contribution in [1.29, 1.82) is 0 Å². The number of halogens is 1. The molecule has 0 radical (unpaired) electrons. The number of rotatable bonds is 6. The zero-order valence-corrected chi connectivity index (χ0v) is 19.8. The van der Waals surface area contributed by atoms with Crippen LogP contribution in [0.5, 0.6) is 0 Å². The lowest BCUT2D eigenvalue weighted by molar-refractivity contribution is -0.146. The molecule has 5 heteroatoms. The fourth-order valence-corrected chi connectivity index (χ4v) is 8.16. The zero-order chi connectivity index (χ0) is 21.7. The molecule has 4 aliphatic rings. The van der Waals surface area contributed by atoms with E-state index in [1.165, 1.54) is 29.5 Å². The summed E-state index contributed by atoms with van der Waals surface area (Å²) in [6.45, 7) is 0.713. The number of carbonyl (C=O) groups is 1. The summed E-state index contributed by atoms with van der Waals surface area (Å²) in [5.41, 5.74) is 3.33. The molecule has 1 heterocycles. The first-order chi connectivity index (χ1) is 15.6. The van der Waals surface area contributed by atoms with E-state index in [0.717, 1.165) is 64.6 Å². The monoisotopic (exact) mass is 464 g/mol. The van der Waals surface area contributed by atoms with Crippen molar-refractivity contribution in [2.24, 2.45) is 23.2 Å². The van der Waals surface area contributed by atoms with Crippen molar-refractivity contribution in [3.63, 3.8) is 0 Å². The Bertz CT molecular complexity index is 1120. The van der Waals surface area contributed by atoms with Gasteiger partial charge in [0.25, 0.3) is 0 Å². The van der Waals surface area contributed by atoms with Crippen LogP contribution in [-0.2, 0) is 4.79 Å². The average molecular weight is 465 g/mol. The van der Waals surface area contributed by atoms with Crippen LogP contribution in [0.25, 0.3) is 22.2 Å². The van der Waals surface area contributed by atoms with Gasteiger partial charge < -0.3 is 10.3 Å². The van der Waals surface area contributed by atoms with E-state index < -0.39 is 0 Å². The first-order valence-electron chi connectivity index (χ1n) is 11.9. The Labute approximate surface area is 198 Å². The maximum absolute atomic E-state index is 13.3. The van der Waals surface area contributed by atoms with Crippen LogP contribution in [-0.4, -0.2) is 23.2 Å². The summed E-state index contributed by atoms with van der Waals surface area (Å²) < 4.78 is 0. The van der Waals surface area contributed by atoms with Crippen molar-refractivity contribution in [3.05, 3.63) is 53.6 Å². The molecule has 4 saturated carbocycles. The van der Waals surface area contributed by atoms with Gasteiger partial charge in [0.1, 0.15) is 0 Å². The van der Waals surface area contributed by atoms with Crippen LogP contribution in [0.4, 0.5) is 0 Å². The molecule has 4 fully saturated rings. The number of fused-ring (bicyclic) bond motifs is 1. The molecule has 0 aliphatic heterocycles. The van der Waals surface area contributed by atoms with Crippen molar-refractivity contribution in [3.8, 4) is 11.3 Å². The lowest BCUT2D eigenvalue weighted by Gasteiger charge is -2.55. The number of amides is 1. The van der Waals surface area contributed by atoms with Gasteiger partial charge in [0.05, 0.1) is 5.69 Å². The summed E-state index contributed by atoms with van der Waals surface area (Å²) in [6.07, 6.45) is 7.49. The third-order valence-corrected chi connectivity index (χ3v) is 9.32. The molecule has 3 nitrogen and oxygen atoms in total. The normalized spacial score (nSPS) is 28.3. The summed E-state index contributed by atoms with van der Waals surface area (Å²) in [5, 5.41) is 5.30. The quantitative estimate of drug-likeness (QED) is 0.307. The van der Waals surface area contributed by atoms with Crippen molar-refractivity contribution in [1.82, 2.24) is 10.3 Å². The van der Waals surface area contributed by atoms with E-state index in [1.807, 2.05) is 23.9 Å². The highest BCUT2D eigenvalue weighted by Crippen LogP contribution is 2.60. The first kappa shape index (κ1) is 20.7. The van der Waals surface area contributed by atoms with Gasteiger partial charge in [-0.05, 0) is 80.0 Å². The summed E-state index contributed by atoms with van der Waals surface area (Å²) in [5.74, 6) is 3.59. The van der Waals surface area contributed by atoms with Gasteiger partial charge in [0, 0.05) is 38.5 Å². The summed E-state index contributed by atoms with van der Waals surface area (Å²) in [4.78, 5) is 18.1. The number of aromatic amines is 1. The summed E-state index contributed by atoms with van der Waals surface area (Å²) in [7, 11) is 0. The van der Waals surface area contributed by atoms with Crippen LogP contribution in [0.3, 0.4) is 0 Å². The molecule has 2 aromatic carbocycles. The molecule has 4 bridgehead atoms. The number of hydrogen-bond acceptors (Lipinski definition) is 2. The van der Waals surface area contributed by atoms with Gasteiger partial charge >= 0.3 is 0 Å². The number of para-hydroxylation sites is 1. The van der Waals surface area contributed by atoms with Crippen molar-refractivity contribution in [2.45, 2.75) is 43.4 Å². The van der Waals surface area contributed by atoms with E-state index in [-0.39, 0.29) is 5.41 Å². The molecular formula is C27H29ClN2OS. The molecule has 7 rings (SSSR count). The van der Waals surface area contributed by atoms with E-state index in [9.17, 15) is 4.79 Å². The Morgan fingerprint density at radius 3 is 2.34 bits per heavy atom. The molecule has 1 aromatic heterocycles. The van der Waals surface area contributed by atoms with Gasteiger partial charge in [0.15, 0.2) is 0 Å². The molecule has 0 spiro atoms. The fraction of sp³-hybridized carbons (Fsp3) is 0.444. The number of nitrogens with one attached hydrogen (secondary N) is 2. The van der Waals surface area contributed by atoms with Gasteiger partial charge in [-0.3, -0.25) is 4.79 Å². The predicted octanol–water partition coefficient (Wildman–Crippen LogP) is 6.91. The molecule has 2 N–H and O–H groups in total. The Morgan fingerprint density at radius 1 is 1.00 bits per heavy atom. The van der Waals surface area contributed by atoms with Crippen molar-refractivity contribution >= 4 is 40.2 Å². The van der Waals surface area contributed by atoms with Gasteiger partial charge in [-0.25, -0.2) is 0 Å².